The van der Waals surface area contributed by atoms with Crippen LogP contribution < -0.4 is 10.1 Å². The normalized spacial score (nSPS) is 10.1. The minimum absolute atomic E-state index is 0. The third-order valence-corrected chi connectivity index (χ3v) is 3.65. The van der Waals surface area contributed by atoms with E-state index in [-0.39, 0.29) is 12.4 Å². The van der Waals surface area contributed by atoms with Gasteiger partial charge < -0.3 is 10.1 Å². The van der Waals surface area contributed by atoms with Gasteiger partial charge >= 0.3 is 0 Å². The summed E-state index contributed by atoms with van der Waals surface area (Å²) in [4.78, 5) is 0. The quantitative estimate of drug-likeness (QED) is 0.659. The molecule has 2 rings (SSSR count). The van der Waals surface area contributed by atoms with Crippen molar-refractivity contribution in [2.45, 2.75) is 26.5 Å². The Morgan fingerprint density at radius 1 is 1.09 bits per heavy atom. The van der Waals surface area contributed by atoms with Crippen molar-refractivity contribution in [2.24, 2.45) is 0 Å². The summed E-state index contributed by atoms with van der Waals surface area (Å²) in [6, 6.07) is 13.5. The molecule has 0 aliphatic carbocycles. The van der Waals surface area contributed by atoms with Crippen molar-refractivity contribution in [3.8, 4) is 5.75 Å². The molecule has 2 aromatic rings. The molecule has 2 nitrogen and oxygen atoms in total. The van der Waals surface area contributed by atoms with E-state index in [0.29, 0.717) is 16.7 Å². The smallest absolute Gasteiger partial charge is 0.120 e. The van der Waals surface area contributed by atoms with Gasteiger partial charge in [-0.15, -0.1) is 12.4 Å². The van der Waals surface area contributed by atoms with Crippen molar-refractivity contribution < 1.29 is 4.74 Å². The first kappa shape index (κ1) is 19.1. The minimum atomic E-state index is 0. The Balaban J connectivity index is 0.00000242. The van der Waals surface area contributed by atoms with Crippen LogP contribution in [-0.4, -0.2) is 6.54 Å². The molecule has 0 atom stereocenters. The van der Waals surface area contributed by atoms with Crippen LogP contribution in [0.3, 0.4) is 0 Å². The van der Waals surface area contributed by atoms with Gasteiger partial charge in [0, 0.05) is 22.2 Å². The van der Waals surface area contributed by atoms with Crippen molar-refractivity contribution in [3.05, 3.63) is 63.6 Å². The highest BCUT2D eigenvalue weighted by Crippen LogP contribution is 2.23. The summed E-state index contributed by atoms with van der Waals surface area (Å²) in [5, 5.41) is 4.64. The molecule has 0 bridgehead atoms. The maximum Gasteiger partial charge on any atom is 0.120 e. The lowest BCUT2D eigenvalue weighted by Gasteiger charge is -2.10. The van der Waals surface area contributed by atoms with Crippen LogP contribution in [-0.2, 0) is 13.2 Å². The molecule has 0 unspecified atom stereocenters. The molecule has 0 amide bonds. The van der Waals surface area contributed by atoms with E-state index < -0.39 is 0 Å². The third-order valence-electron chi connectivity index (χ3n) is 3.06. The second kappa shape index (κ2) is 9.96. The average Bonchev–Trinajstić information content (AvgIpc) is 2.47. The van der Waals surface area contributed by atoms with Crippen LogP contribution in [0, 0.1) is 0 Å². The number of ether oxygens (including phenoxy) is 1. The summed E-state index contributed by atoms with van der Waals surface area (Å²) in [6.07, 6.45) is 1.13. The van der Waals surface area contributed by atoms with Crippen molar-refractivity contribution in [1.29, 1.82) is 0 Å². The Labute approximate surface area is 148 Å². The summed E-state index contributed by atoms with van der Waals surface area (Å²) in [7, 11) is 0. The predicted octanol–water partition coefficient (Wildman–Crippen LogP) is 5.49. The van der Waals surface area contributed by atoms with Gasteiger partial charge in [0.25, 0.3) is 0 Å². The lowest BCUT2D eigenvalue weighted by molar-refractivity contribution is 0.306. The molecular weight excluding hydrogens is 341 g/mol. The molecule has 0 saturated carbocycles. The van der Waals surface area contributed by atoms with Crippen LogP contribution in [0.5, 0.6) is 5.75 Å². The molecule has 0 spiro atoms. The fourth-order valence-electron chi connectivity index (χ4n) is 1.95. The van der Waals surface area contributed by atoms with E-state index in [1.807, 2.05) is 30.3 Å². The molecule has 0 fully saturated rings. The largest absolute Gasteiger partial charge is 0.489 e. The Kier molecular flexibility index (Phi) is 8.66. The number of nitrogens with one attached hydrogen (secondary N) is 1. The first-order valence-electron chi connectivity index (χ1n) is 7.05. The van der Waals surface area contributed by atoms with Crippen molar-refractivity contribution in [3.63, 3.8) is 0 Å². The molecule has 1 N–H and O–H groups in total. The summed E-state index contributed by atoms with van der Waals surface area (Å²) in [5.41, 5.74) is 2.14. The predicted molar refractivity (Wildman–Crippen MR) is 96.5 cm³/mol. The second-order valence-electron chi connectivity index (χ2n) is 4.85. The number of hydrogen-bond acceptors (Lipinski definition) is 2. The highest BCUT2D eigenvalue weighted by Gasteiger charge is 2.03. The van der Waals surface area contributed by atoms with Gasteiger partial charge in [0.05, 0.1) is 0 Å². The lowest BCUT2D eigenvalue weighted by Crippen LogP contribution is -2.13. The average molecular weight is 361 g/mol. The molecule has 22 heavy (non-hydrogen) atoms. The lowest BCUT2D eigenvalue weighted by atomic mass is 10.2. The molecule has 0 heterocycles. The zero-order valence-corrected chi connectivity index (χ0v) is 14.8. The van der Waals surface area contributed by atoms with E-state index in [1.165, 1.54) is 5.56 Å². The van der Waals surface area contributed by atoms with Gasteiger partial charge in [0.2, 0.25) is 0 Å². The Hall–Kier alpha value is -0.930. The molecule has 0 radical (unpaired) electrons. The van der Waals surface area contributed by atoms with Crippen LogP contribution in [0.25, 0.3) is 0 Å². The standard InChI is InChI=1S/C17H19Cl2NO.ClH/c1-2-8-20-11-13-4-3-5-16(9-13)21-12-14-6-7-15(18)10-17(14)19;/h3-7,9-10,20H,2,8,11-12H2,1H3;1H. The van der Waals surface area contributed by atoms with E-state index in [9.17, 15) is 0 Å². The Morgan fingerprint density at radius 3 is 2.64 bits per heavy atom. The monoisotopic (exact) mass is 359 g/mol. The van der Waals surface area contributed by atoms with E-state index in [0.717, 1.165) is 30.8 Å². The van der Waals surface area contributed by atoms with E-state index in [1.54, 1.807) is 6.07 Å². The molecule has 0 saturated heterocycles. The zero-order chi connectivity index (χ0) is 15.1. The summed E-state index contributed by atoms with van der Waals surface area (Å²) in [6.45, 7) is 4.46. The fourth-order valence-corrected chi connectivity index (χ4v) is 2.42. The molecule has 0 aromatic heterocycles. The summed E-state index contributed by atoms with van der Waals surface area (Å²) >= 11 is 12.0. The van der Waals surface area contributed by atoms with Crippen molar-refractivity contribution >= 4 is 35.6 Å². The van der Waals surface area contributed by atoms with Crippen LogP contribution in [0.1, 0.15) is 24.5 Å². The summed E-state index contributed by atoms with van der Waals surface area (Å²) in [5.74, 6) is 0.844. The first-order chi connectivity index (χ1) is 10.2. The molecule has 120 valence electrons. The highest BCUT2D eigenvalue weighted by molar-refractivity contribution is 6.35. The van der Waals surface area contributed by atoms with Gasteiger partial charge in [-0.2, -0.15) is 0 Å². The fraction of sp³-hybridized carbons (Fsp3) is 0.294. The summed E-state index contributed by atoms with van der Waals surface area (Å²) < 4.78 is 5.80. The van der Waals surface area contributed by atoms with E-state index in [2.05, 4.69) is 18.3 Å². The molecule has 0 aliphatic rings. The van der Waals surface area contributed by atoms with Crippen LogP contribution >= 0.6 is 35.6 Å². The third kappa shape index (κ3) is 6.05. The minimum Gasteiger partial charge on any atom is -0.489 e. The second-order valence-corrected chi connectivity index (χ2v) is 5.69. The van der Waals surface area contributed by atoms with Gasteiger partial charge in [-0.05, 0) is 42.8 Å². The Bertz CT molecular complexity index is 590. The number of halogens is 3. The van der Waals surface area contributed by atoms with Gasteiger partial charge in [0.1, 0.15) is 12.4 Å². The SMILES string of the molecule is CCCNCc1cccc(OCc2ccc(Cl)cc2Cl)c1.Cl. The Morgan fingerprint density at radius 2 is 1.91 bits per heavy atom. The van der Waals surface area contributed by atoms with Gasteiger partial charge in [-0.1, -0.05) is 48.3 Å². The number of benzene rings is 2. The van der Waals surface area contributed by atoms with Crippen LogP contribution in [0.2, 0.25) is 10.0 Å². The first-order valence-corrected chi connectivity index (χ1v) is 7.81. The van der Waals surface area contributed by atoms with E-state index >= 15 is 0 Å². The van der Waals surface area contributed by atoms with Gasteiger partial charge in [-0.3, -0.25) is 0 Å². The number of rotatable bonds is 7. The molecule has 0 aliphatic heterocycles. The van der Waals surface area contributed by atoms with Crippen molar-refractivity contribution in [1.82, 2.24) is 5.32 Å². The highest BCUT2D eigenvalue weighted by atomic mass is 35.5. The van der Waals surface area contributed by atoms with Crippen LogP contribution in [0.15, 0.2) is 42.5 Å². The maximum atomic E-state index is 6.14. The molecule has 5 heteroatoms. The van der Waals surface area contributed by atoms with Gasteiger partial charge in [-0.25, -0.2) is 0 Å². The van der Waals surface area contributed by atoms with Crippen LogP contribution in [0.4, 0.5) is 0 Å². The van der Waals surface area contributed by atoms with E-state index in [4.69, 9.17) is 27.9 Å². The van der Waals surface area contributed by atoms with Gasteiger partial charge in [0.15, 0.2) is 0 Å². The zero-order valence-electron chi connectivity index (χ0n) is 12.4. The maximum absolute atomic E-state index is 6.14. The molecular formula is C17H20Cl3NO. The van der Waals surface area contributed by atoms with Crippen molar-refractivity contribution in [2.75, 3.05) is 6.54 Å². The number of hydrogen-bond donors (Lipinski definition) is 1. The molecule has 2 aromatic carbocycles. The topological polar surface area (TPSA) is 21.3 Å².